The van der Waals surface area contributed by atoms with Crippen LogP contribution in [0, 0.1) is 5.92 Å². The van der Waals surface area contributed by atoms with Gasteiger partial charge < -0.3 is 10.3 Å². The summed E-state index contributed by atoms with van der Waals surface area (Å²) in [4.78, 5) is 8.41. The van der Waals surface area contributed by atoms with E-state index in [1.807, 2.05) is 6.07 Å². The molecule has 2 heterocycles. The molecule has 92 valence electrons. The highest BCUT2D eigenvalue weighted by molar-refractivity contribution is 5.77. The molecule has 4 heteroatoms. The van der Waals surface area contributed by atoms with Crippen LogP contribution in [-0.4, -0.2) is 14.5 Å². The lowest BCUT2D eigenvalue weighted by Crippen LogP contribution is -2.09. The quantitative estimate of drug-likeness (QED) is 0.881. The lowest BCUT2D eigenvalue weighted by atomic mass is 10.0. The van der Waals surface area contributed by atoms with E-state index in [2.05, 4.69) is 35.3 Å². The van der Waals surface area contributed by atoms with Gasteiger partial charge in [0.15, 0.2) is 0 Å². The predicted octanol–water partition coefficient (Wildman–Crippen LogP) is 3.01. The molecule has 0 aliphatic carbocycles. The number of hydrogen-bond donors (Lipinski definition) is 1. The van der Waals surface area contributed by atoms with Gasteiger partial charge in [0, 0.05) is 12.2 Å². The molecule has 4 nitrogen and oxygen atoms in total. The van der Waals surface area contributed by atoms with Crippen LogP contribution in [0.3, 0.4) is 0 Å². The summed E-state index contributed by atoms with van der Waals surface area (Å²) in [5.74, 6) is 1.30. The van der Waals surface area contributed by atoms with Gasteiger partial charge in [0.2, 0.25) is 5.95 Å². The van der Waals surface area contributed by atoms with E-state index in [0.29, 0.717) is 12.0 Å². The van der Waals surface area contributed by atoms with Crippen LogP contribution in [0.5, 0.6) is 0 Å². The largest absolute Gasteiger partial charge is 0.369 e. The molecule has 0 aliphatic heterocycles. The number of nitrogens with two attached hydrogens (primary N) is 1. The van der Waals surface area contributed by atoms with Crippen LogP contribution in [0.15, 0.2) is 18.5 Å². The zero-order valence-corrected chi connectivity index (χ0v) is 10.7. The number of fused-ring (bicyclic) bond motifs is 1. The molecule has 0 saturated carbocycles. The van der Waals surface area contributed by atoms with Gasteiger partial charge in [-0.2, -0.15) is 0 Å². The van der Waals surface area contributed by atoms with E-state index in [1.165, 1.54) is 6.42 Å². The SMILES string of the molecule is CC(C)CCC(C)n1c(N)nc2cnccc21. The molecule has 0 aromatic carbocycles. The highest BCUT2D eigenvalue weighted by Crippen LogP contribution is 2.25. The predicted molar refractivity (Wildman–Crippen MR) is 70.7 cm³/mol. The summed E-state index contributed by atoms with van der Waals surface area (Å²) in [5, 5.41) is 0. The van der Waals surface area contributed by atoms with E-state index >= 15 is 0 Å². The van der Waals surface area contributed by atoms with Crippen LogP contribution in [0.1, 0.15) is 39.7 Å². The molecule has 0 aliphatic rings. The van der Waals surface area contributed by atoms with Gasteiger partial charge >= 0.3 is 0 Å². The van der Waals surface area contributed by atoms with Gasteiger partial charge in [0.05, 0.1) is 11.7 Å². The maximum absolute atomic E-state index is 5.98. The number of anilines is 1. The molecular formula is C13H20N4. The molecule has 0 amide bonds. The number of nitrogen functional groups attached to an aromatic ring is 1. The lowest BCUT2D eigenvalue weighted by molar-refractivity contribution is 0.450. The smallest absolute Gasteiger partial charge is 0.201 e. The zero-order valence-electron chi connectivity index (χ0n) is 10.7. The van der Waals surface area contributed by atoms with Crippen LogP contribution >= 0.6 is 0 Å². The van der Waals surface area contributed by atoms with E-state index in [1.54, 1.807) is 12.4 Å². The fourth-order valence-electron chi connectivity index (χ4n) is 2.14. The first-order valence-electron chi connectivity index (χ1n) is 6.17. The third-order valence-electron chi connectivity index (χ3n) is 3.12. The zero-order chi connectivity index (χ0) is 12.4. The molecule has 17 heavy (non-hydrogen) atoms. The summed E-state index contributed by atoms with van der Waals surface area (Å²) in [5.41, 5.74) is 7.94. The van der Waals surface area contributed by atoms with Crippen LogP contribution in [0.25, 0.3) is 11.0 Å². The third kappa shape index (κ3) is 2.40. The summed E-state index contributed by atoms with van der Waals surface area (Å²) in [7, 11) is 0. The van der Waals surface area contributed by atoms with E-state index in [4.69, 9.17) is 5.73 Å². The van der Waals surface area contributed by atoms with Crippen molar-refractivity contribution in [3.05, 3.63) is 18.5 Å². The van der Waals surface area contributed by atoms with Gasteiger partial charge in [0.25, 0.3) is 0 Å². The second-order valence-electron chi connectivity index (χ2n) is 5.02. The summed E-state index contributed by atoms with van der Waals surface area (Å²) in [6, 6.07) is 2.36. The minimum atomic E-state index is 0.379. The van der Waals surface area contributed by atoms with Crippen molar-refractivity contribution in [2.24, 2.45) is 5.92 Å². The fourth-order valence-corrected chi connectivity index (χ4v) is 2.14. The van der Waals surface area contributed by atoms with E-state index in [0.717, 1.165) is 23.4 Å². The highest BCUT2D eigenvalue weighted by atomic mass is 15.2. The molecule has 2 N–H and O–H groups in total. The van der Waals surface area contributed by atoms with E-state index in [9.17, 15) is 0 Å². The molecule has 2 aromatic heterocycles. The topological polar surface area (TPSA) is 56.7 Å². The first-order chi connectivity index (χ1) is 8.09. The molecule has 1 unspecified atom stereocenters. The summed E-state index contributed by atoms with van der Waals surface area (Å²) in [6.07, 6.45) is 5.87. The number of pyridine rings is 1. The first-order valence-corrected chi connectivity index (χ1v) is 6.17. The van der Waals surface area contributed by atoms with Crippen LogP contribution in [0.4, 0.5) is 5.95 Å². The average Bonchev–Trinajstić information content (AvgIpc) is 2.61. The number of rotatable bonds is 4. The van der Waals surface area contributed by atoms with Crippen molar-refractivity contribution in [1.29, 1.82) is 0 Å². The van der Waals surface area contributed by atoms with Crippen molar-refractivity contribution in [2.45, 2.75) is 39.7 Å². The first kappa shape index (κ1) is 11.9. The summed E-state index contributed by atoms with van der Waals surface area (Å²) in [6.45, 7) is 6.68. The highest BCUT2D eigenvalue weighted by Gasteiger charge is 2.13. The molecule has 0 fully saturated rings. The van der Waals surface area contributed by atoms with Crippen LogP contribution in [0.2, 0.25) is 0 Å². The van der Waals surface area contributed by atoms with E-state index < -0.39 is 0 Å². The third-order valence-corrected chi connectivity index (χ3v) is 3.12. The molecule has 0 radical (unpaired) electrons. The van der Waals surface area contributed by atoms with Crippen molar-refractivity contribution >= 4 is 17.0 Å². The van der Waals surface area contributed by atoms with Crippen molar-refractivity contribution in [3.63, 3.8) is 0 Å². The number of imidazole rings is 1. The second kappa shape index (κ2) is 4.73. The van der Waals surface area contributed by atoms with Gasteiger partial charge in [-0.3, -0.25) is 4.98 Å². The monoisotopic (exact) mass is 232 g/mol. The Morgan fingerprint density at radius 1 is 1.29 bits per heavy atom. The Bertz CT molecular complexity index is 501. The van der Waals surface area contributed by atoms with Gasteiger partial charge in [-0.1, -0.05) is 13.8 Å². The average molecular weight is 232 g/mol. The Morgan fingerprint density at radius 3 is 2.76 bits per heavy atom. The normalized spacial score (nSPS) is 13.4. The molecule has 0 spiro atoms. The van der Waals surface area contributed by atoms with Gasteiger partial charge in [0.1, 0.15) is 5.52 Å². The standard InChI is InChI=1S/C13H20N4/c1-9(2)4-5-10(3)17-12-6-7-15-8-11(12)16-13(17)14/h6-10H,4-5H2,1-3H3,(H2,14,16). The lowest BCUT2D eigenvalue weighted by Gasteiger charge is -2.16. The van der Waals surface area contributed by atoms with Crippen molar-refractivity contribution in [1.82, 2.24) is 14.5 Å². The number of aromatic nitrogens is 3. The maximum atomic E-state index is 5.98. The number of nitrogens with zero attached hydrogens (tertiary/aromatic N) is 3. The van der Waals surface area contributed by atoms with Crippen molar-refractivity contribution in [3.8, 4) is 0 Å². The Balaban J connectivity index is 2.30. The second-order valence-corrected chi connectivity index (χ2v) is 5.02. The molecule has 2 aromatic rings. The van der Waals surface area contributed by atoms with Crippen molar-refractivity contribution < 1.29 is 0 Å². The molecule has 2 rings (SSSR count). The summed E-state index contributed by atoms with van der Waals surface area (Å²) < 4.78 is 2.11. The minimum Gasteiger partial charge on any atom is -0.369 e. The fraction of sp³-hybridized carbons (Fsp3) is 0.538. The Labute approximate surface area is 102 Å². The summed E-state index contributed by atoms with van der Waals surface area (Å²) >= 11 is 0. The van der Waals surface area contributed by atoms with Gasteiger partial charge in [-0.25, -0.2) is 4.98 Å². The molecule has 1 atom stereocenters. The van der Waals surface area contributed by atoms with Crippen LogP contribution in [-0.2, 0) is 0 Å². The van der Waals surface area contributed by atoms with Crippen LogP contribution < -0.4 is 5.73 Å². The Morgan fingerprint density at radius 2 is 2.06 bits per heavy atom. The Kier molecular flexibility index (Phi) is 3.31. The van der Waals surface area contributed by atoms with Gasteiger partial charge in [-0.15, -0.1) is 0 Å². The maximum Gasteiger partial charge on any atom is 0.201 e. The van der Waals surface area contributed by atoms with Crippen molar-refractivity contribution in [2.75, 3.05) is 5.73 Å². The Hall–Kier alpha value is -1.58. The number of hydrogen-bond acceptors (Lipinski definition) is 3. The molecule has 0 bridgehead atoms. The van der Waals surface area contributed by atoms with E-state index in [-0.39, 0.29) is 0 Å². The van der Waals surface area contributed by atoms with Gasteiger partial charge in [-0.05, 0) is 31.7 Å². The minimum absolute atomic E-state index is 0.379. The molecule has 0 saturated heterocycles. The molecular weight excluding hydrogens is 212 g/mol.